The van der Waals surface area contributed by atoms with Crippen LogP contribution in [0.5, 0.6) is 0 Å². The Morgan fingerprint density at radius 1 is 1.19 bits per heavy atom. The van der Waals surface area contributed by atoms with E-state index >= 15 is 0 Å². The van der Waals surface area contributed by atoms with Gasteiger partial charge in [-0.05, 0) is 12.1 Å². The predicted octanol–water partition coefficient (Wildman–Crippen LogP) is 3.86. The fourth-order valence-corrected chi connectivity index (χ4v) is 2.62. The van der Waals surface area contributed by atoms with Crippen LogP contribution in [-0.2, 0) is 0 Å². The molecular formula is C14H10N4O2S. The van der Waals surface area contributed by atoms with Crippen LogP contribution in [0, 0.1) is 10.1 Å². The summed E-state index contributed by atoms with van der Waals surface area (Å²) in [6.07, 6.45) is 5.23. The van der Waals surface area contributed by atoms with Crippen LogP contribution in [0.1, 0.15) is 0 Å². The van der Waals surface area contributed by atoms with Crippen molar-refractivity contribution < 1.29 is 4.92 Å². The highest BCUT2D eigenvalue weighted by Gasteiger charge is 2.08. The molecule has 6 nitrogen and oxygen atoms in total. The molecule has 0 radical (unpaired) electrons. The molecule has 3 rings (SSSR count). The highest BCUT2D eigenvalue weighted by Crippen LogP contribution is 2.30. The maximum absolute atomic E-state index is 10.8. The van der Waals surface area contributed by atoms with Crippen LogP contribution < -0.4 is 5.32 Å². The fourth-order valence-electron chi connectivity index (χ4n) is 1.79. The molecule has 0 atom stereocenters. The van der Waals surface area contributed by atoms with Gasteiger partial charge in [-0.3, -0.25) is 15.1 Å². The zero-order chi connectivity index (χ0) is 14.7. The van der Waals surface area contributed by atoms with Crippen molar-refractivity contribution in [2.75, 3.05) is 5.32 Å². The van der Waals surface area contributed by atoms with E-state index in [1.165, 1.54) is 23.5 Å². The van der Waals surface area contributed by atoms with Crippen LogP contribution >= 0.6 is 11.3 Å². The summed E-state index contributed by atoms with van der Waals surface area (Å²) in [5.74, 6) is 0. The van der Waals surface area contributed by atoms with Gasteiger partial charge in [-0.1, -0.05) is 23.5 Å². The van der Waals surface area contributed by atoms with Gasteiger partial charge in [0.1, 0.15) is 0 Å². The normalized spacial score (nSPS) is 10.3. The van der Waals surface area contributed by atoms with Gasteiger partial charge in [0, 0.05) is 42.0 Å². The molecule has 0 amide bonds. The molecule has 0 aliphatic carbocycles. The van der Waals surface area contributed by atoms with E-state index in [9.17, 15) is 10.1 Å². The van der Waals surface area contributed by atoms with Crippen molar-refractivity contribution in [3.8, 4) is 10.4 Å². The molecule has 0 spiro atoms. The lowest BCUT2D eigenvalue weighted by Gasteiger charge is -2.01. The predicted molar refractivity (Wildman–Crippen MR) is 81.7 cm³/mol. The molecule has 0 saturated heterocycles. The molecule has 0 aliphatic rings. The number of nitrogens with one attached hydrogen (secondary N) is 1. The van der Waals surface area contributed by atoms with Gasteiger partial charge in [0.25, 0.3) is 5.69 Å². The number of pyridine rings is 1. The van der Waals surface area contributed by atoms with Gasteiger partial charge in [-0.2, -0.15) is 0 Å². The van der Waals surface area contributed by atoms with Crippen molar-refractivity contribution in [3.63, 3.8) is 0 Å². The van der Waals surface area contributed by atoms with E-state index in [4.69, 9.17) is 0 Å². The lowest BCUT2D eigenvalue weighted by molar-refractivity contribution is -0.384. The Bertz CT molecular complexity index is 773. The van der Waals surface area contributed by atoms with E-state index in [1.54, 1.807) is 30.7 Å². The van der Waals surface area contributed by atoms with E-state index < -0.39 is 4.92 Å². The molecule has 0 saturated carbocycles. The summed E-state index contributed by atoms with van der Waals surface area (Å²) in [6, 6.07) is 10.1. The largest absolute Gasteiger partial charge is 0.331 e. The first-order chi connectivity index (χ1) is 10.2. The van der Waals surface area contributed by atoms with E-state index in [1.807, 2.05) is 12.1 Å². The number of hydrogen-bond acceptors (Lipinski definition) is 6. The standard InChI is InChI=1S/C14H10N4O2S/c19-18(20)12-5-1-4-11(7-12)17-14-16-9-13(21-14)10-3-2-6-15-8-10/h1-9H,(H,16,17). The van der Waals surface area contributed by atoms with Crippen molar-refractivity contribution in [3.05, 3.63) is 65.1 Å². The Hall–Kier alpha value is -2.80. The first-order valence-electron chi connectivity index (χ1n) is 6.10. The highest BCUT2D eigenvalue weighted by molar-refractivity contribution is 7.18. The second-order valence-corrected chi connectivity index (χ2v) is 5.23. The maximum Gasteiger partial charge on any atom is 0.271 e. The average Bonchev–Trinajstić information content (AvgIpc) is 2.97. The Balaban J connectivity index is 1.82. The lowest BCUT2D eigenvalue weighted by Crippen LogP contribution is -1.92. The zero-order valence-electron chi connectivity index (χ0n) is 10.8. The lowest BCUT2D eigenvalue weighted by atomic mass is 10.3. The molecular weight excluding hydrogens is 288 g/mol. The summed E-state index contributed by atoms with van der Waals surface area (Å²) in [4.78, 5) is 19.7. The van der Waals surface area contributed by atoms with Crippen molar-refractivity contribution in [1.29, 1.82) is 0 Å². The van der Waals surface area contributed by atoms with Crippen LogP contribution in [0.4, 0.5) is 16.5 Å². The summed E-state index contributed by atoms with van der Waals surface area (Å²) in [5, 5.41) is 14.5. The number of rotatable bonds is 4. The number of anilines is 2. The van der Waals surface area contributed by atoms with Crippen molar-refractivity contribution in [1.82, 2.24) is 9.97 Å². The average molecular weight is 298 g/mol. The molecule has 0 fully saturated rings. The number of hydrogen-bond donors (Lipinski definition) is 1. The highest BCUT2D eigenvalue weighted by atomic mass is 32.1. The summed E-state index contributed by atoms with van der Waals surface area (Å²) >= 11 is 1.46. The number of nitro groups is 1. The minimum absolute atomic E-state index is 0.0454. The first kappa shape index (κ1) is 13.2. The number of benzene rings is 1. The number of thiazole rings is 1. The third-order valence-corrected chi connectivity index (χ3v) is 3.72. The van der Waals surface area contributed by atoms with Gasteiger partial charge < -0.3 is 5.32 Å². The Kier molecular flexibility index (Phi) is 3.57. The van der Waals surface area contributed by atoms with Crippen LogP contribution in [0.25, 0.3) is 10.4 Å². The van der Waals surface area contributed by atoms with Crippen molar-refractivity contribution in [2.45, 2.75) is 0 Å². The molecule has 1 N–H and O–H groups in total. The number of aromatic nitrogens is 2. The number of nitro benzene ring substituents is 1. The SMILES string of the molecule is O=[N+]([O-])c1cccc(Nc2ncc(-c3cccnc3)s2)c1. The van der Waals surface area contributed by atoms with Crippen molar-refractivity contribution >= 4 is 27.8 Å². The summed E-state index contributed by atoms with van der Waals surface area (Å²) < 4.78 is 0. The molecule has 7 heteroatoms. The second-order valence-electron chi connectivity index (χ2n) is 4.20. The van der Waals surface area contributed by atoms with E-state index in [2.05, 4.69) is 15.3 Å². The molecule has 21 heavy (non-hydrogen) atoms. The molecule has 1 aromatic carbocycles. The van der Waals surface area contributed by atoms with Gasteiger partial charge in [0.15, 0.2) is 5.13 Å². The third kappa shape index (κ3) is 3.03. The smallest absolute Gasteiger partial charge is 0.271 e. The monoisotopic (exact) mass is 298 g/mol. The molecule has 2 aromatic heterocycles. The van der Waals surface area contributed by atoms with Gasteiger partial charge >= 0.3 is 0 Å². The Labute approximate surface area is 124 Å². The Morgan fingerprint density at radius 3 is 2.86 bits per heavy atom. The van der Waals surface area contributed by atoms with E-state index in [0.29, 0.717) is 10.8 Å². The van der Waals surface area contributed by atoms with Gasteiger partial charge in [-0.25, -0.2) is 4.98 Å². The van der Waals surface area contributed by atoms with Gasteiger partial charge in [-0.15, -0.1) is 0 Å². The van der Waals surface area contributed by atoms with E-state index in [-0.39, 0.29) is 5.69 Å². The topological polar surface area (TPSA) is 81.0 Å². The van der Waals surface area contributed by atoms with Crippen molar-refractivity contribution in [2.24, 2.45) is 0 Å². The molecule has 0 aliphatic heterocycles. The van der Waals surface area contributed by atoms with Gasteiger partial charge in [0.05, 0.1) is 9.80 Å². The molecule has 104 valence electrons. The summed E-state index contributed by atoms with van der Waals surface area (Å²) in [6.45, 7) is 0. The third-order valence-electron chi connectivity index (χ3n) is 2.76. The van der Waals surface area contributed by atoms with E-state index in [0.717, 1.165) is 10.4 Å². The molecule has 0 bridgehead atoms. The summed E-state index contributed by atoms with van der Waals surface area (Å²) in [5.41, 5.74) is 1.67. The number of nitrogens with zero attached hydrogens (tertiary/aromatic N) is 3. The van der Waals surface area contributed by atoms with Crippen LogP contribution in [0.2, 0.25) is 0 Å². The van der Waals surface area contributed by atoms with Crippen LogP contribution in [0.15, 0.2) is 55.0 Å². The maximum atomic E-state index is 10.8. The fraction of sp³-hybridized carbons (Fsp3) is 0. The Morgan fingerprint density at radius 2 is 2.10 bits per heavy atom. The number of non-ortho nitro benzene ring substituents is 1. The van der Waals surface area contributed by atoms with Crippen LogP contribution in [0.3, 0.4) is 0 Å². The van der Waals surface area contributed by atoms with Crippen LogP contribution in [-0.4, -0.2) is 14.9 Å². The second kappa shape index (κ2) is 5.68. The quantitative estimate of drug-likeness (QED) is 0.584. The minimum atomic E-state index is -0.423. The zero-order valence-corrected chi connectivity index (χ0v) is 11.6. The molecule has 0 unspecified atom stereocenters. The summed E-state index contributed by atoms with van der Waals surface area (Å²) in [7, 11) is 0. The molecule has 3 aromatic rings. The molecule has 2 heterocycles. The first-order valence-corrected chi connectivity index (χ1v) is 6.92. The minimum Gasteiger partial charge on any atom is -0.331 e. The van der Waals surface area contributed by atoms with Gasteiger partial charge in [0.2, 0.25) is 0 Å².